The molecule has 4 heteroatoms. The van der Waals surface area contributed by atoms with Gasteiger partial charge in [-0.2, -0.15) is 0 Å². The van der Waals surface area contributed by atoms with Gasteiger partial charge < -0.3 is 14.8 Å². The Morgan fingerprint density at radius 1 is 0.853 bits per heavy atom. The largest absolute Gasteiger partial charge is 0.377 e. The Kier molecular flexibility index (Phi) is 34.3. The highest BCUT2D eigenvalue weighted by Gasteiger charge is 2.05. The third kappa shape index (κ3) is 26.7. The van der Waals surface area contributed by atoms with Gasteiger partial charge in [-0.15, -0.1) is 0 Å². The highest BCUT2D eigenvalue weighted by molar-refractivity contribution is 5.80. The summed E-state index contributed by atoms with van der Waals surface area (Å²) in [5, 5.41) is 3.12. The van der Waals surface area contributed by atoms with Gasteiger partial charge in [0.25, 0.3) is 0 Å². The van der Waals surface area contributed by atoms with Crippen molar-refractivity contribution in [2.24, 2.45) is 5.92 Å². The average Bonchev–Trinajstić information content (AvgIpc) is 2.87. The van der Waals surface area contributed by atoms with Crippen molar-refractivity contribution < 1.29 is 14.3 Å². The Morgan fingerprint density at radius 3 is 1.76 bits per heavy atom. The maximum Gasteiger partial charge on any atom is 0.135 e. The quantitative estimate of drug-likeness (QED) is 0.180. The molecule has 0 aliphatic carbocycles. The number of carbonyl (C=O) groups is 2. The van der Waals surface area contributed by atoms with Crippen LogP contribution in [-0.4, -0.2) is 25.7 Å². The molecule has 4 nitrogen and oxygen atoms in total. The second kappa shape index (κ2) is 31.5. The summed E-state index contributed by atoms with van der Waals surface area (Å²) >= 11 is 0. The molecular weight excluding hydrogens is 422 g/mol. The van der Waals surface area contributed by atoms with Crippen molar-refractivity contribution in [3.8, 4) is 0 Å². The zero-order chi connectivity index (χ0) is 26.5. The van der Waals surface area contributed by atoms with Crippen molar-refractivity contribution in [3.05, 3.63) is 35.4 Å². The van der Waals surface area contributed by atoms with Gasteiger partial charge in [0.15, 0.2) is 0 Å². The van der Waals surface area contributed by atoms with E-state index in [1.807, 2.05) is 55.5 Å². The number of hydrogen-bond donors (Lipinski definition) is 1. The molecule has 34 heavy (non-hydrogen) atoms. The predicted octanol–water partition coefficient (Wildman–Crippen LogP) is 8.31. The summed E-state index contributed by atoms with van der Waals surface area (Å²) in [5.74, 6) is 0.603. The van der Waals surface area contributed by atoms with Gasteiger partial charge in [0.2, 0.25) is 0 Å². The van der Waals surface area contributed by atoms with Crippen LogP contribution >= 0.6 is 0 Å². The number of carbonyl (C=O) groups excluding carboxylic acids is 2. The number of ketones is 1. The van der Waals surface area contributed by atoms with Crippen molar-refractivity contribution in [2.45, 2.75) is 126 Å². The predicted molar refractivity (Wildman–Crippen MR) is 149 cm³/mol. The number of hydrogen-bond acceptors (Lipinski definition) is 4. The average molecular weight is 480 g/mol. The van der Waals surface area contributed by atoms with Crippen molar-refractivity contribution in [2.75, 3.05) is 13.7 Å². The van der Waals surface area contributed by atoms with Gasteiger partial charge in [0, 0.05) is 31.9 Å². The van der Waals surface area contributed by atoms with Crippen LogP contribution in [0, 0.1) is 5.92 Å². The summed E-state index contributed by atoms with van der Waals surface area (Å²) < 4.78 is 5.30. The van der Waals surface area contributed by atoms with Crippen LogP contribution in [0.15, 0.2) is 24.3 Å². The van der Waals surface area contributed by atoms with Crippen LogP contribution in [0.4, 0.5) is 0 Å². The van der Waals surface area contributed by atoms with Crippen LogP contribution < -0.4 is 5.32 Å². The number of Topliss-reactive ketones (excluding diaryl/α,β-unsaturated/α-hetero) is 1. The third-order valence-corrected chi connectivity index (χ3v) is 5.02. The maximum atomic E-state index is 11.3. The molecule has 0 fully saturated rings. The van der Waals surface area contributed by atoms with E-state index >= 15 is 0 Å². The molecule has 0 aliphatic rings. The van der Waals surface area contributed by atoms with Crippen molar-refractivity contribution in [3.63, 3.8) is 0 Å². The number of unbranched alkanes of at least 4 members (excludes halogenated alkanes) is 8. The molecule has 1 rings (SSSR count). The molecule has 0 radical (unpaired) electrons. The van der Waals surface area contributed by atoms with E-state index in [0.717, 1.165) is 51.7 Å². The number of aldehydes is 1. The Balaban J connectivity index is -0.000000503. The first-order chi connectivity index (χ1) is 16.5. The minimum Gasteiger partial charge on any atom is -0.377 e. The van der Waals surface area contributed by atoms with E-state index in [1.165, 1.54) is 49.7 Å². The first-order valence-electron chi connectivity index (χ1n) is 13.8. The first-order valence-corrected chi connectivity index (χ1v) is 13.8. The standard InChI is InChI=1S/C15H28O2.C11H17NO.2C2H6/c1-14(2)15(17)12-10-8-6-4-3-5-7-9-11-13-16;1-3-13-9-11-6-4-10(5-7-11)8-12-2;2*1-2/h13-14H,3-12H2,1-2H3;4-7,12H,3,8-9H2,1-2H3;2*1-2H3. The van der Waals surface area contributed by atoms with Gasteiger partial charge in [-0.05, 0) is 37.9 Å². The molecule has 0 saturated heterocycles. The summed E-state index contributed by atoms with van der Waals surface area (Å²) in [6.45, 7) is 16.4. The van der Waals surface area contributed by atoms with E-state index in [9.17, 15) is 9.59 Å². The lowest BCUT2D eigenvalue weighted by Gasteiger charge is -2.04. The topological polar surface area (TPSA) is 55.4 Å². The summed E-state index contributed by atoms with van der Waals surface area (Å²) in [4.78, 5) is 21.4. The Bertz CT molecular complexity index is 526. The lowest BCUT2D eigenvalue weighted by Crippen LogP contribution is -2.05. The SMILES string of the molecule is CC.CC.CC(C)C(=O)CCCCCCCCCCC=O.CCOCc1ccc(CNC)cc1. The Labute approximate surface area is 212 Å². The second-order valence-electron chi connectivity index (χ2n) is 8.14. The highest BCUT2D eigenvalue weighted by Crippen LogP contribution is 2.11. The molecule has 0 spiro atoms. The Morgan fingerprint density at radius 2 is 1.32 bits per heavy atom. The highest BCUT2D eigenvalue weighted by atomic mass is 16.5. The fourth-order valence-corrected chi connectivity index (χ4v) is 3.05. The first kappa shape index (κ1) is 37.0. The third-order valence-electron chi connectivity index (χ3n) is 5.02. The summed E-state index contributed by atoms with van der Waals surface area (Å²) in [6.07, 6.45) is 12.0. The number of benzene rings is 1. The van der Waals surface area contributed by atoms with Gasteiger partial charge >= 0.3 is 0 Å². The number of nitrogens with one attached hydrogen (secondary N) is 1. The lowest BCUT2D eigenvalue weighted by molar-refractivity contribution is -0.122. The van der Waals surface area contributed by atoms with E-state index in [2.05, 4.69) is 29.6 Å². The molecule has 0 unspecified atom stereocenters. The van der Waals surface area contributed by atoms with E-state index in [4.69, 9.17) is 4.74 Å². The zero-order valence-corrected chi connectivity index (χ0v) is 23.9. The second-order valence-corrected chi connectivity index (χ2v) is 8.14. The van der Waals surface area contributed by atoms with Crippen LogP contribution in [0.2, 0.25) is 0 Å². The molecule has 0 bridgehead atoms. The van der Waals surface area contributed by atoms with Gasteiger partial charge in [-0.25, -0.2) is 0 Å². The van der Waals surface area contributed by atoms with Gasteiger partial charge in [0.05, 0.1) is 6.61 Å². The van der Waals surface area contributed by atoms with Crippen molar-refractivity contribution in [1.82, 2.24) is 5.32 Å². The maximum absolute atomic E-state index is 11.3. The molecule has 0 heterocycles. The molecule has 0 saturated carbocycles. The molecule has 200 valence electrons. The lowest BCUT2D eigenvalue weighted by atomic mass is 10.0. The molecule has 1 aromatic rings. The number of rotatable bonds is 17. The number of ether oxygens (including phenoxy) is 1. The fraction of sp³-hybridized carbons (Fsp3) is 0.733. The molecule has 0 amide bonds. The van der Waals surface area contributed by atoms with Gasteiger partial charge in [-0.1, -0.05) is 104 Å². The van der Waals surface area contributed by atoms with E-state index in [1.54, 1.807) is 0 Å². The summed E-state index contributed by atoms with van der Waals surface area (Å²) in [6, 6.07) is 8.49. The van der Waals surface area contributed by atoms with Crippen LogP contribution in [0.1, 0.15) is 124 Å². The van der Waals surface area contributed by atoms with Gasteiger partial charge in [-0.3, -0.25) is 4.79 Å². The van der Waals surface area contributed by atoms with E-state index < -0.39 is 0 Å². The Hall–Kier alpha value is -1.52. The molecule has 1 N–H and O–H groups in total. The molecule has 1 aromatic carbocycles. The molecule has 0 aromatic heterocycles. The summed E-state index contributed by atoms with van der Waals surface area (Å²) in [7, 11) is 1.95. The summed E-state index contributed by atoms with van der Waals surface area (Å²) in [5.41, 5.74) is 2.55. The van der Waals surface area contributed by atoms with Crippen molar-refractivity contribution in [1.29, 1.82) is 0 Å². The minimum absolute atomic E-state index is 0.202. The zero-order valence-electron chi connectivity index (χ0n) is 23.9. The fourth-order valence-electron chi connectivity index (χ4n) is 3.05. The molecule has 0 aliphatic heterocycles. The monoisotopic (exact) mass is 479 g/mol. The molecule has 0 atom stereocenters. The van der Waals surface area contributed by atoms with Crippen molar-refractivity contribution >= 4 is 12.1 Å². The van der Waals surface area contributed by atoms with Gasteiger partial charge in [0.1, 0.15) is 12.1 Å². The van der Waals surface area contributed by atoms with Crippen LogP contribution in [0.5, 0.6) is 0 Å². The minimum atomic E-state index is 0.202. The van der Waals surface area contributed by atoms with Crippen LogP contribution in [-0.2, 0) is 27.5 Å². The smallest absolute Gasteiger partial charge is 0.135 e. The van der Waals surface area contributed by atoms with Crippen LogP contribution in [0.3, 0.4) is 0 Å². The van der Waals surface area contributed by atoms with Crippen LogP contribution in [0.25, 0.3) is 0 Å². The molecular formula is C30H57NO3. The van der Waals surface area contributed by atoms with E-state index in [0.29, 0.717) is 5.78 Å². The normalized spacial score (nSPS) is 9.68. The van der Waals surface area contributed by atoms with E-state index in [-0.39, 0.29) is 5.92 Å².